The summed E-state index contributed by atoms with van der Waals surface area (Å²) in [6, 6.07) is 9.63. The van der Waals surface area contributed by atoms with E-state index in [1.165, 1.54) is 0 Å². The topological polar surface area (TPSA) is 47.0 Å². The summed E-state index contributed by atoms with van der Waals surface area (Å²) in [6.45, 7) is 3.86. The third kappa shape index (κ3) is 2.93. The zero-order valence-corrected chi connectivity index (χ0v) is 10.2. The van der Waals surface area contributed by atoms with E-state index >= 15 is 0 Å². The molecule has 0 bridgehead atoms. The number of aryl methyl sites for hydroxylation is 2. The van der Waals surface area contributed by atoms with Gasteiger partial charge in [0.15, 0.2) is 0 Å². The van der Waals surface area contributed by atoms with Crippen molar-refractivity contribution in [2.45, 2.75) is 13.8 Å². The van der Waals surface area contributed by atoms with Gasteiger partial charge in [-0.15, -0.1) is 0 Å². The molecule has 1 heterocycles. The SMILES string of the molecule is CNc1cc(Oc2cccc(C)c2)nc(C)n1. The van der Waals surface area contributed by atoms with Crippen molar-refractivity contribution in [2.75, 3.05) is 12.4 Å². The van der Waals surface area contributed by atoms with Gasteiger partial charge in [-0.05, 0) is 31.5 Å². The van der Waals surface area contributed by atoms with E-state index in [4.69, 9.17) is 4.74 Å². The molecule has 0 fully saturated rings. The van der Waals surface area contributed by atoms with Crippen LogP contribution < -0.4 is 10.1 Å². The molecule has 0 radical (unpaired) electrons. The highest BCUT2D eigenvalue weighted by Crippen LogP contribution is 2.22. The normalized spacial score (nSPS) is 10.1. The molecule has 88 valence electrons. The van der Waals surface area contributed by atoms with Crippen LogP contribution in [0, 0.1) is 13.8 Å². The van der Waals surface area contributed by atoms with Gasteiger partial charge in [-0.25, -0.2) is 4.98 Å². The molecule has 0 spiro atoms. The second-order valence-corrected chi connectivity index (χ2v) is 3.81. The summed E-state index contributed by atoms with van der Waals surface area (Å²) in [7, 11) is 1.82. The van der Waals surface area contributed by atoms with Crippen molar-refractivity contribution in [2.24, 2.45) is 0 Å². The highest BCUT2D eigenvalue weighted by molar-refractivity contribution is 5.39. The zero-order chi connectivity index (χ0) is 12.3. The Morgan fingerprint density at radius 3 is 2.65 bits per heavy atom. The monoisotopic (exact) mass is 229 g/mol. The first-order chi connectivity index (χ1) is 8.17. The van der Waals surface area contributed by atoms with Crippen molar-refractivity contribution in [1.29, 1.82) is 0 Å². The molecular formula is C13H15N3O. The summed E-state index contributed by atoms with van der Waals surface area (Å²) >= 11 is 0. The molecule has 0 aliphatic rings. The molecule has 0 saturated carbocycles. The third-order valence-corrected chi connectivity index (χ3v) is 2.28. The van der Waals surface area contributed by atoms with Gasteiger partial charge in [0.1, 0.15) is 17.4 Å². The average molecular weight is 229 g/mol. The van der Waals surface area contributed by atoms with Crippen LogP contribution in [0.4, 0.5) is 5.82 Å². The lowest BCUT2D eigenvalue weighted by atomic mass is 10.2. The second kappa shape index (κ2) is 4.82. The maximum atomic E-state index is 5.69. The van der Waals surface area contributed by atoms with Crippen LogP contribution >= 0.6 is 0 Å². The van der Waals surface area contributed by atoms with Gasteiger partial charge < -0.3 is 10.1 Å². The Morgan fingerprint density at radius 2 is 1.94 bits per heavy atom. The molecule has 0 unspecified atom stereocenters. The first-order valence-electron chi connectivity index (χ1n) is 5.45. The van der Waals surface area contributed by atoms with E-state index in [0.717, 1.165) is 17.1 Å². The number of hydrogen-bond acceptors (Lipinski definition) is 4. The van der Waals surface area contributed by atoms with E-state index in [2.05, 4.69) is 15.3 Å². The Kier molecular flexibility index (Phi) is 3.23. The van der Waals surface area contributed by atoms with E-state index in [1.807, 2.05) is 45.2 Å². The number of benzene rings is 1. The minimum absolute atomic E-state index is 0.549. The van der Waals surface area contributed by atoms with Gasteiger partial charge in [0.2, 0.25) is 5.88 Å². The molecular weight excluding hydrogens is 214 g/mol. The van der Waals surface area contributed by atoms with Gasteiger partial charge in [-0.3, -0.25) is 0 Å². The van der Waals surface area contributed by atoms with Gasteiger partial charge in [-0.2, -0.15) is 4.98 Å². The largest absolute Gasteiger partial charge is 0.439 e. The fourth-order valence-electron chi connectivity index (χ4n) is 1.52. The van der Waals surface area contributed by atoms with Gasteiger partial charge in [0.25, 0.3) is 0 Å². The summed E-state index contributed by atoms with van der Waals surface area (Å²) in [5.41, 5.74) is 1.15. The van der Waals surface area contributed by atoms with Gasteiger partial charge >= 0.3 is 0 Å². The molecule has 17 heavy (non-hydrogen) atoms. The van der Waals surface area contributed by atoms with Crippen molar-refractivity contribution >= 4 is 5.82 Å². The summed E-state index contributed by atoms with van der Waals surface area (Å²) in [5, 5.41) is 2.97. The predicted octanol–water partition coefficient (Wildman–Crippen LogP) is 2.93. The molecule has 1 N–H and O–H groups in total. The first-order valence-corrected chi connectivity index (χ1v) is 5.45. The Bertz CT molecular complexity index is 526. The van der Waals surface area contributed by atoms with E-state index < -0.39 is 0 Å². The number of nitrogens with one attached hydrogen (secondary N) is 1. The van der Waals surface area contributed by atoms with Crippen molar-refractivity contribution in [3.8, 4) is 11.6 Å². The quantitative estimate of drug-likeness (QED) is 0.879. The Morgan fingerprint density at radius 1 is 1.12 bits per heavy atom. The first kappa shape index (κ1) is 11.4. The molecule has 1 aromatic carbocycles. The summed E-state index contributed by atoms with van der Waals surface area (Å²) in [4.78, 5) is 8.44. The number of nitrogens with zero attached hydrogens (tertiary/aromatic N) is 2. The highest BCUT2D eigenvalue weighted by Gasteiger charge is 2.03. The number of anilines is 1. The van der Waals surface area contributed by atoms with Gasteiger partial charge in [0, 0.05) is 13.1 Å². The lowest BCUT2D eigenvalue weighted by molar-refractivity contribution is 0.460. The average Bonchev–Trinajstić information content (AvgIpc) is 2.28. The van der Waals surface area contributed by atoms with Crippen molar-refractivity contribution in [3.05, 3.63) is 41.7 Å². The molecule has 1 aromatic heterocycles. The second-order valence-electron chi connectivity index (χ2n) is 3.81. The summed E-state index contributed by atoms with van der Waals surface area (Å²) in [5.74, 6) is 2.76. The maximum absolute atomic E-state index is 5.69. The number of hydrogen-bond donors (Lipinski definition) is 1. The number of aromatic nitrogens is 2. The third-order valence-electron chi connectivity index (χ3n) is 2.28. The van der Waals surface area contributed by atoms with Crippen LogP contribution in [0.3, 0.4) is 0 Å². The Balaban J connectivity index is 2.26. The van der Waals surface area contributed by atoms with Crippen LogP contribution in [-0.2, 0) is 0 Å². The zero-order valence-electron chi connectivity index (χ0n) is 10.2. The molecule has 2 rings (SSSR count). The molecule has 0 aliphatic carbocycles. The Hall–Kier alpha value is -2.10. The van der Waals surface area contributed by atoms with Crippen molar-refractivity contribution < 1.29 is 4.74 Å². The van der Waals surface area contributed by atoms with Crippen LogP contribution in [0.5, 0.6) is 11.6 Å². The fraction of sp³-hybridized carbons (Fsp3) is 0.231. The lowest BCUT2D eigenvalue weighted by Crippen LogP contribution is -1.98. The maximum Gasteiger partial charge on any atom is 0.224 e. The molecule has 4 heteroatoms. The smallest absolute Gasteiger partial charge is 0.224 e. The minimum Gasteiger partial charge on any atom is -0.439 e. The standard InChI is InChI=1S/C13H15N3O/c1-9-5-4-6-11(7-9)17-13-8-12(14-3)15-10(2)16-13/h4-8H,1-3H3,(H,14,15,16). The predicted molar refractivity (Wildman–Crippen MR) is 67.6 cm³/mol. The van der Waals surface area contributed by atoms with Crippen LogP contribution in [-0.4, -0.2) is 17.0 Å². The molecule has 0 aliphatic heterocycles. The summed E-state index contributed by atoms with van der Waals surface area (Å²) < 4.78 is 5.69. The number of rotatable bonds is 3. The minimum atomic E-state index is 0.549. The molecule has 2 aromatic rings. The molecule has 4 nitrogen and oxygen atoms in total. The lowest BCUT2D eigenvalue weighted by Gasteiger charge is -2.07. The van der Waals surface area contributed by atoms with E-state index in [9.17, 15) is 0 Å². The highest BCUT2D eigenvalue weighted by atomic mass is 16.5. The van der Waals surface area contributed by atoms with E-state index in [-0.39, 0.29) is 0 Å². The molecule has 0 saturated heterocycles. The van der Waals surface area contributed by atoms with Crippen LogP contribution in [0.15, 0.2) is 30.3 Å². The van der Waals surface area contributed by atoms with E-state index in [0.29, 0.717) is 11.7 Å². The fourth-order valence-corrected chi connectivity index (χ4v) is 1.52. The van der Waals surface area contributed by atoms with Crippen LogP contribution in [0.25, 0.3) is 0 Å². The van der Waals surface area contributed by atoms with Crippen molar-refractivity contribution in [1.82, 2.24) is 9.97 Å². The van der Waals surface area contributed by atoms with Gasteiger partial charge in [0.05, 0.1) is 0 Å². The van der Waals surface area contributed by atoms with Crippen LogP contribution in [0.1, 0.15) is 11.4 Å². The molecule has 0 atom stereocenters. The molecule has 0 amide bonds. The summed E-state index contributed by atoms with van der Waals surface area (Å²) in [6.07, 6.45) is 0. The van der Waals surface area contributed by atoms with E-state index in [1.54, 1.807) is 6.07 Å². The van der Waals surface area contributed by atoms with Crippen molar-refractivity contribution in [3.63, 3.8) is 0 Å². The Labute approximate surface area is 101 Å². The number of ether oxygens (including phenoxy) is 1. The van der Waals surface area contributed by atoms with Crippen LogP contribution in [0.2, 0.25) is 0 Å². The van der Waals surface area contributed by atoms with Gasteiger partial charge in [-0.1, -0.05) is 12.1 Å².